The second-order valence-corrected chi connectivity index (χ2v) is 6.10. The molecule has 2 aromatic carbocycles. The Balaban J connectivity index is 1.84. The number of benzene rings is 2. The Morgan fingerprint density at radius 1 is 1.11 bits per heavy atom. The quantitative estimate of drug-likeness (QED) is 0.456. The van der Waals surface area contributed by atoms with Gasteiger partial charge < -0.3 is 20.6 Å². The van der Waals surface area contributed by atoms with E-state index in [0.717, 1.165) is 6.07 Å². The van der Waals surface area contributed by atoms with Gasteiger partial charge >= 0.3 is 5.97 Å². The van der Waals surface area contributed by atoms with Crippen LogP contribution in [0.4, 0.5) is 5.69 Å². The van der Waals surface area contributed by atoms with Crippen molar-refractivity contribution in [3.05, 3.63) is 58.7 Å². The predicted molar refractivity (Wildman–Crippen MR) is 98.1 cm³/mol. The third-order valence-electron chi connectivity index (χ3n) is 3.77. The van der Waals surface area contributed by atoms with Crippen LogP contribution in [-0.4, -0.2) is 37.4 Å². The Kier molecular flexibility index (Phi) is 5.00. The molecule has 3 aromatic rings. The molecule has 8 nitrogen and oxygen atoms in total. The average Bonchev–Trinajstić information content (AvgIpc) is 3.09. The molecule has 0 aliphatic heterocycles. The van der Waals surface area contributed by atoms with E-state index in [0.29, 0.717) is 11.3 Å². The number of phenols is 2. The van der Waals surface area contributed by atoms with Crippen LogP contribution < -0.4 is 5.32 Å². The molecule has 0 atom stereocenters. The molecule has 0 aliphatic rings. The van der Waals surface area contributed by atoms with E-state index in [2.05, 4.69) is 15.5 Å². The SMILES string of the molecule is O=C(O)Cc1ccc(NC(=O)c2c[nH]nc2-c2cc(Cl)c(O)cc2O)cc1. The zero-order valence-corrected chi connectivity index (χ0v) is 14.5. The number of carboxylic acids is 1. The van der Waals surface area contributed by atoms with Gasteiger partial charge in [0.15, 0.2) is 0 Å². The van der Waals surface area contributed by atoms with Crippen LogP contribution in [-0.2, 0) is 11.2 Å². The fourth-order valence-corrected chi connectivity index (χ4v) is 2.65. The van der Waals surface area contributed by atoms with Crippen molar-refractivity contribution < 1.29 is 24.9 Å². The Bertz CT molecular complexity index is 1010. The number of carboxylic acid groups (broad SMARTS) is 1. The Hall–Kier alpha value is -3.52. The molecule has 1 aromatic heterocycles. The molecule has 1 heterocycles. The van der Waals surface area contributed by atoms with E-state index in [-0.39, 0.29) is 39.8 Å². The van der Waals surface area contributed by atoms with Gasteiger partial charge in [0.2, 0.25) is 0 Å². The van der Waals surface area contributed by atoms with E-state index in [1.807, 2.05) is 0 Å². The van der Waals surface area contributed by atoms with E-state index in [1.165, 1.54) is 12.3 Å². The molecule has 0 bridgehead atoms. The molecule has 0 spiro atoms. The number of hydrogen-bond donors (Lipinski definition) is 5. The Morgan fingerprint density at radius 2 is 1.81 bits per heavy atom. The number of nitrogens with one attached hydrogen (secondary N) is 2. The summed E-state index contributed by atoms with van der Waals surface area (Å²) >= 11 is 5.87. The standard InChI is InChI=1S/C18H14ClN3O5/c19-13-6-11(14(23)7-15(13)24)17-12(8-20-22-17)18(27)21-10-3-1-9(2-4-10)5-16(25)26/h1-4,6-8,23-24H,5H2,(H,20,22)(H,21,27)(H,25,26). The van der Waals surface area contributed by atoms with Gasteiger partial charge in [-0.1, -0.05) is 23.7 Å². The number of aromatic nitrogens is 2. The molecular formula is C18H14ClN3O5. The monoisotopic (exact) mass is 387 g/mol. The minimum atomic E-state index is -0.942. The first-order chi connectivity index (χ1) is 12.8. The number of carbonyl (C=O) groups excluding carboxylic acids is 1. The molecule has 5 N–H and O–H groups in total. The summed E-state index contributed by atoms with van der Waals surface area (Å²) in [4.78, 5) is 23.3. The first-order valence-electron chi connectivity index (χ1n) is 7.73. The molecule has 0 radical (unpaired) electrons. The molecule has 0 saturated carbocycles. The van der Waals surface area contributed by atoms with Gasteiger partial charge in [0, 0.05) is 23.5 Å². The van der Waals surface area contributed by atoms with Crippen molar-refractivity contribution in [3.63, 3.8) is 0 Å². The number of aromatic amines is 1. The van der Waals surface area contributed by atoms with Gasteiger partial charge in [-0.25, -0.2) is 0 Å². The lowest BCUT2D eigenvalue weighted by atomic mass is 10.1. The van der Waals surface area contributed by atoms with E-state index < -0.39 is 11.9 Å². The van der Waals surface area contributed by atoms with Crippen LogP contribution in [0.25, 0.3) is 11.3 Å². The van der Waals surface area contributed by atoms with Crippen molar-refractivity contribution in [1.82, 2.24) is 10.2 Å². The van der Waals surface area contributed by atoms with Crippen molar-refractivity contribution in [3.8, 4) is 22.8 Å². The molecule has 27 heavy (non-hydrogen) atoms. The maximum absolute atomic E-state index is 12.6. The van der Waals surface area contributed by atoms with Gasteiger partial charge in [0.25, 0.3) is 5.91 Å². The summed E-state index contributed by atoms with van der Waals surface area (Å²) in [5.41, 5.74) is 1.57. The maximum Gasteiger partial charge on any atom is 0.307 e. The van der Waals surface area contributed by atoms with Crippen LogP contribution in [0, 0.1) is 0 Å². The number of aromatic hydroxyl groups is 2. The first kappa shape index (κ1) is 18.3. The minimum absolute atomic E-state index is 0.00572. The Labute approximate surface area is 158 Å². The van der Waals surface area contributed by atoms with E-state index >= 15 is 0 Å². The van der Waals surface area contributed by atoms with Gasteiger partial charge in [0.1, 0.15) is 17.2 Å². The van der Waals surface area contributed by atoms with Crippen molar-refractivity contribution in [2.75, 3.05) is 5.32 Å². The predicted octanol–water partition coefficient (Wildman–Crippen LogP) is 3.02. The van der Waals surface area contributed by atoms with Gasteiger partial charge in [-0.05, 0) is 23.8 Å². The second kappa shape index (κ2) is 7.38. The molecule has 0 fully saturated rings. The van der Waals surface area contributed by atoms with E-state index in [4.69, 9.17) is 16.7 Å². The summed E-state index contributed by atoms with van der Waals surface area (Å²) in [5.74, 6) is -2.01. The van der Waals surface area contributed by atoms with Crippen LogP contribution in [0.15, 0.2) is 42.6 Å². The zero-order valence-electron chi connectivity index (χ0n) is 13.7. The third kappa shape index (κ3) is 4.01. The van der Waals surface area contributed by atoms with Gasteiger partial charge in [-0.2, -0.15) is 5.10 Å². The van der Waals surface area contributed by atoms with E-state index in [1.54, 1.807) is 24.3 Å². The van der Waals surface area contributed by atoms with Crippen LogP contribution in [0.5, 0.6) is 11.5 Å². The number of phenolic OH excluding ortho intramolecular Hbond substituents is 2. The summed E-state index contributed by atoms with van der Waals surface area (Å²) in [7, 11) is 0. The maximum atomic E-state index is 12.6. The number of hydrogen-bond acceptors (Lipinski definition) is 5. The lowest BCUT2D eigenvalue weighted by Crippen LogP contribution is -2.12. The number of amides is 1. The highest BCUT2D eigenvalue weighted by Crippen LogP contribution is 2.37. The van der Waals surface area contributed by atoms with E-state index in [9.17, 15) is 19.8 Å². The number of H-pyrrole nitrogens is 1. The summed E-state index contributed by atoms with van der Waals surface area (Å²) in [6.07, 6.45) is 1.25. The summed E-state index contributed by atoms with van der Waals surface area (Å²) in [5, 5.41) is 37.6. The molecule has 0 aliphatic carbocycles. The number of nitrogens with zero attached hydrogens (tertiary/aromatic N) is 1. The lowest BCUT2D eigenvalue weighted by Gasteiger charge is -2.08. The molecule has 9 heteroatoms. The van der Waals surface area contributed by atoms with Crippen molar-refractivity contribution in [2.24, 2.45) is 0 Å². The fourth-order valence-electron chi connectivity index (χ4n) is 2.49. The number of carbonyl (C=O) groups is 2. The van der Waals surface area contributed by atoms with Gasteiger partial charge in [-0.3, -0.25) is 14.7 Å². The number of aliphatic carboxylic acids is 1. The Morgan fingerprint density at radius 3 is 2.48 bits per heavy atom. The number of anilines is 1. The molecule has 0 saturated heterocycles. The third-order valence-corrected chi connectivity index (χ3v) is 4.08. The highest BCUT2D eigenvalue weighted by molar-refractivity contribution is 6.32. The highest BCUT2D eigenvalue weighted by atomic mass is 35.5. The average molecular weight is 388 g/mol. The molecule has 1 amide bonds. The molecule has 0 unspecified atom stereocenters. The van der Waals surface area contributed by atoms with Crippen LogP contribution in [0.2, 0.25) is 5.02 Å². The lowest BCUT2D eigenvalue weighted by molar-refractivity contribution is -0.136. The van der Waals surface area contributed by atoms with Crippen molar-refractivity contribution in [2.45, 2.75) is 6.42 Å². The molecule has 3 rings (SSSR count). The van der Waals surface area contributed by atoms with Crippen molar-refractivity contribution in [1.29, 1.82) is 0 Å². The molecule has 138 valence electrons. The van der Waals surface area contributed by atoms with Crippen molar-refractivity contribution >= 4 is 29.2 Å². The normalized spacial score (nSPS) is 10.6. The largest absolute Gasteiger partial charge is 0.507 e. The summed E-state index contributed by atoms with van der Waals surface area (Å²) in [6.45, 7) is 0. The molecular weight excluding hydrogens is 374 g/mol. The summed E-state index contributed by atoms with van der Waals surface area (Å²) < 4.78 is 0. The van der Waals surface area contributed by atoms with Crippen LogP contribution in [0.1, 0.15) is 15.9 Å². The number of rotatable bonds is 5. The highest BCUT2D eigenvalue weighted by Gasteiger charge is 2.20. The first-order valence-corrected chi connectivity index (χ1v) is 8.10. The fraction of sp³-hybridized carbons (Fsp3) is 0.0556. The smallest absolute Gasteiger partial charge is 0.307 e. The van der Waals surface area contributed by atoms with Crippen LogP contribution >= 0.6 is 11.6 Å². The minimum Gasteiger partial charge on any atom is -0.507 e. The van der Waals surface area contributed by atoms with Gasteiger partial charge in [0.05, 0.1) is 17.0 Å². The van der Waals surface area contributed by atoms with Crippen LogP contribution in [0.3, 0.4) is 0 Å². The zero-order chi connectivity index (χ0) is 19.6. The summed E-state index contributed by atoms with van der Waals surface area (Å²) in [6, 6.07) is 8.75. The topological polar surface area (TPSA) is 136 Å². The second-order valence-electron chi connectivity index (χ2n) is 5.69. The van der Waals surface area contributed by atoms with Gasteiger partial charge in [-0.15, -0.1) is 0 Å². The number of halogens is 1.